The first kappa shape index (κ1) is 16.6. The molecule has 2 aromatic heterocycles. The molecule has 0 saturated carbocycles. The quantitative estimate of drug-likeness (QED) is 0.757. The number of hydrogen-bond donors (Lipinski definition) is 1. The summed E-state index contributed by atoms with van der Waals surface area (Å²) in [5.41, 5.74) is 1.30. The number of amides is 1. The summed E-state index contributed by atoms with van der Waals surface area (Å²) < 4.78 is 3.30. The zero-order valence-corrected chi connectivity index (χ0v) is 14.1. The van der Waals surface area contributed by atoms with Crippen molar-refractivity contribution in [2.75, 3.05) is 6.54 Å². The number of carbonyl (C=O) groups is 1. The SMILES string of the molecule is Cn1c(CCNC(=O)c2ccc(=O)n(C)c2)nnc1-c1ccccc1. The van der Waals surface area contributed by atoms with E-state index >= 15 is 0 Å². The number of pyridine rings is 1. The molecular formula is C18H19N5O2. The van der Waals surface area contributed by atoms with Crippen LogP contribution in [0.15, 0.2) is 53.5 Å². The van der Waals surface area contributed by atoms with Crippen molar-refractivity contribution in [1.29, 1.82) is 0 Å². The number of carbonyl (C=O) groups excluding carboxylic acids is 1. The summed E-state index contributed by atoms with van der Waals surface area (Å²) in [6.45, 7) is 0.433. The summed E-state index contributed by atoms with van der Waals surface area (Å²) in [4.78, 5) is 23.5. The minimum absolute atomic E-state index is 0.149. The first-order valence-corrected chi connectivity index (χ1v) is 7.95. The van der Waals surface area contributed by atoms with Crippen LogP contribution in [0.2, 0.25) is 0 Å². The van der Waals surface area contributed by atoms with Crippen LogP contribution in [0.25, 0.3) is 11.4 Å². The maximum atomic E-state index is 12.1. The standard InChI is InChI=1S/C18H19N5O2/c1-22-12-14(8-9-16(22)24)18(25)19-11-10-15-20-21-17(23(15)2)13-6-4-3-5-7-13/h3-9,12H,10-11H2,1-2H3,(H,19,25). The molecule has 3 aromatic rings. The summed E-state index contributed by atoms with van der Waals surface area (Å²) in [6, 6.07) is 12.7. The minimum atomic E-state index is -0.221. The van der Waals surface area contributed by atoms with E-state index in [1.54, 1.807) is 7.05 Å². The van der Waals surface area contributed by atoms with Crippen LogP contribution >= 0.6 is 0 Å². The van der Waals surface area contributed by atoms with E-state index in [9.17, 15) is 9.59 Å². The molecule has 0 aliphatic carbocycles. The average molecular weight is 337 g/mol. The van der Waals surface area contributed by atoms with Gasteiger partial charge in [0.25, 0.3) is 5.91 Å². The fourth-order valence-electron chi connectivity index (χ4n) is 2.54. The van der Waals surface area contributed by atoms with E-state index in [1.807, 2.05) is 41.9 Å². The lowest BCUT2D eigenvalue weighted by molar-refractivity contribution is 0.0953. The molecule has 25 heavy (non-hydrogen) atoms. The van der Waals surface area contributed by atoms with Crippen molar-refractivity contribution in [2.45, 2.75) is 6.42 Å². The average Bonchev–Trinajstić information content (AvgIpc) is 2.99. The van der Waals surface area contributed by atoms with Gasteiger partial charge in [-0.1, -0.05) is 30.3 Å². The lowest BCUT2D eigenvalue weighted by Gasteiger charge is -2.07. The molecule has 3 rings (SSSR count). The lowest BCUT2D eigenvalue weighted by atomic mass is 10.2. The molecule has 7 heteroatoms. The first-order chi connectivity index (χ1) is 12.1. The minimum Gasteiger partial charge on any atom is -0.352 e. The predicted molar refractivity (Wildman–Crippen MR) is 94.2 cm³/mol. The Kier molecular flexibility index (Phi) is 4.74. The van der Waals surface area contributed by atoms with Crippen LogP contribution in [0.1, 0.15) is 16.2 Å². The molecule has 1 amide bonds. The summed E-state index contributed by atoms with van der Waals surface area (Å²) in [5.74, 6) is 1.36. The molecule has 0 saturated heterocycles. The van der Waals surface area contributed by atoms with Crippen molar-refractivity contribution < 1.29 is 4.79 Å². The fourth-order valence-corrected chi connectivity index (χ4v) is 2.54. The third kappa shape index (κ3) is 3.65. The van der Waals surface area contributed by atoms with Gasteiger partial charge >= 0.3 is 0 Å². The number of aromatic nitrogens is 4. The van der Waals surface area contributed by atoms with E-state index in [2.05, 4.69) is 15.5 Å². The molecule has 0 fully saturated rings. The predicted octanol–water partition coefficient (Wildman–Crippen LogP) is 1.15. The Morgan fingerprint density at radius 3 is 2.56 bits per heavy atom. The molecule has 2 heterocycles. The summed E-state index contributed by atoms with van der Waals surface area (Å²) in [7, 11) is 3.52. The van der Waals surface area contributed by atoms with Crippen molar-refractivity contribution in [3.63, 3.8) is 0 Å². The van der Waals surface area contributed by atoms with Gasteiger partial charge in [-0.3, -0.25) is 9.59 Å². The zero-order valence-electron chi connectivity index (χ0n) is 14.1. The van der Waals surface area contributed by atoms with Crippen LogP contribution in [-0.4, -0.2) is 31.8 Å². The molecule has 0 radical (unpaired) electrons. The van der Waals surface area contributed by atoms with Gasteiger partial charge in [0, 0.05) is 44.9 Å². The Hall–Kier alpha value is -3.22. The highest BCUT2D eigenvalue weighted by atomic mass is 16.2. The number of nitrogens with zero attached hydrogens (tertiary/aromatic N) is 4. The van der Waals surface area contributed by atoms with Gasteiger partial charge in [-0.2, -0.15) is 0 Å². The molecule has 0 aliphatic rings. The maximum Gasteiger partial charge on any atom is 0.252 e. The van der Waals surface area contributed by atoms with Gasteiger partial charge in [0.05, 0.1) is 5.56 Å². The molecule has 7 nitrogen and oxygen atoms in total. The van der Waals surface area contributed by atoms with E-state index in [0.29, 0.717) is 18.5 Å². The molecule has 1 aromatic carbocycles. The molecule has 0 atom stereocenters. The first-order valence-electron chi connectivity index (χ1n) is 7.95. The van der Waals surface area contributed by atoms with E-state index < -0.39 is 0 Å². The largest absolute Gasteiger partial charge is 0.352 e. The van der Waals surface area contributed by atoms with Crippen molar-refractivity contribution in [3.8, 4) is 11.4 Å². The summed E-state index contributed by atoms with van der Waals surface area (Å²) in [5, 5.41) is 11.3. The molecular weight excluding hydrogens is 318 g/mol. The summed E-state index contributed by atoms with van der Waals surface area (Å²) in [6.07, 6.45) is 2.08. The second-order valence-corrected chi connectivity index (χ2v) is 5.74. The third-order valence-electron chi connectivity index (χ3n) is 3.98. The topological polar surface area (TPSA) is 81.8 Å². The Morgan fingerprint density at radius 2 is 1.84 bits per heavy atom. The van der Waals surface area contributed by atoms with Crippen LogP contribution < -0.4 is 10.9 Å². The van der Waals surface area contributed by atoms with Gasteiger partial charge in [0.2, 0.25) is 5.56 Å². The van der Waals surface area contributed by atoms with E-state index in [0.717, 1.165) is 17.2 Å². The van der Waals surface area contributed by atoms with Gasteiger partial charge in [-0.25, -0.2) is 0 Å². The molecule has 0 aliphatic heterocycles. The van der Waals surface area contributed by atoms with Gasteiger partial charge in [0.1, 0.15) is 5.82 Å². The Labute approximate surface area is 144 Å². The summed E-state index contributed by atoms with van der Waals surface area (Å²) >= 11 is 0. The van der Waals surface area contributed by atoms with E-state index in [4.69, 9.17) is 0 Å². The second-order valence-electron chi connectivity index (χ2n) is 5.74. The second kappa shape index (κ2) is 7.12. The Bertz CT molecular complexity index is 944. The smallest absolute Gasteiger partial charge is 0.252 e. The highest BCUT2D eigenvalue weighted by Crippen LogP contribution is 2.16. The van der Waals surface area contributed by atoms with Crippen molar-refractivity contribution in [3.05, 3.63) is 70.4 Å². The number of nitrogens with one attached hydrogen (secondary N) is 1. The van der Waals surface area contributed by atoms with Gasteiger partial charge in [-0.15, -0.1) is 10.2 Å². The molecule has 128 valence electrons. The van der Waals surface area contributed by atoms with Gasteiger partial charge < -0.3 is 14.5 Å². The number of aryl methyl sites for hydroxylation is 1. The highest BCUT2D eigenvalue weighted by molar-refractivity contribution is 5.93. The van der Waals surface area contributed by atoms with Crippen LogP contribution in [-0.2, 0) is 20.5 Å². The number of rotatable bonds is 5. The molecule has 0 bridgehead atoms. The Balaban J connectivity index is 1.63. The highest BCUT2D eigenvalue weighted by Gasteiger charge is 2.11. The molecule has 0 spiro atoms. The van der Waals surface area contributed by atoms with Crippen molar-refractivity contribution in [1.82, 2.24) is 24.6 Å². The van der Waals surface area contributed by atoms with Gasteiger partial charge in [-0.05, 0) is 6.07 Å². The molecule has 0 unspecified atom stereocenters. The number of hydrogen-bond acceptors (Lipinski definition) is 4. The van der Waals surface area contributed by atoms with Gasteiger partial charge in [0.15, 0.2) is 5.82 Å². The maximum absolute atomic E-state index is 12.1. The normalized spacial score (nSPS) is 10.6. The zero-order chi connectivity index (χ0) is 17.8. The fraction of sp³-hybridized carbons (Fsp3) is 0.222. The monoisotopic (exact) mass is 337 g/mol. The Morgan fingerprint density at radius 1 is 1.08 bits per heavy atom. The van der Waals surface area contributed by atoms with E-state index in [-0.39, 0.29) is 11.5 Å². The third-order valence-corrected chi connectivity index (χ3v) is 3.98. The van der Waals surface area contributed by atoms with Crippen molar-refractivity contribution >= 4 is 5.91 Å². The van der Waals surface area contributed by atoms with Crippen molar-refractivity contribution in [2.24, 2.45) is 14.1 Å². The van der Waals surface area contributed by atoms with E-state index in [1.165, 1.54) is 22.9 Å². The van der Waals surface area contributed by atoms with Crippen LogP contribution in [0.5, 0.6) is 0 Å². The number of benzene rings is 1. The lowest BCUT2D eigenvalue weighted by Crippen LogP contribution is -2.28. The van der Waals surface area contributed by atoms with Crippen LogP contribution in [0.3, 0.4) is 0 Å². The van der Waals surface area contributed by atoms with Crippen LogP contribution in [0.4, 0.5) is 0 Å². The molecule has 1 N–H and O–H groups in total. The van der Waals surface area contributed by atoms with Crippen LogP contribution in [0, 0.1) is 0 Å².